The first-order valence-electron chi connectivity index (χ1n) is 9.12. The van der Waals surface area contributed by atoms with Crippen molar-refractivity contribution >= 4 is 11.6 Å². The lowest BCUT2D eigenvalue weighted by molar-refractivity contribution is 0.306. The predicted octanol–water partition coefficient (Wildman–Crippen LogP) is 5.64. The molecule has 2 aromatic carbocycles. The van der Waals surface area contributed by atoms with Crippen LogP contribution in [0.25, 0.3) is 11.4 Å². The van der Waals surface area contributed by atoms with Crippen molar-refractivity contribution in [2.45, 2.75) is 38.7 Å². The number of benzene rings is 2. The zero-order valence-corrected chi connectivity index (χ0v) is 15.4. The van der Waals surface area contributed by atoms with Crippen molar-refractivity contribution in [1.82, 2.24) is 9.97 Å². The van der Waals surface area contributed by atoms with Crippen molar-refractivity contribution in [2.75, 3.05) is 0 Å². The number of nitrogens with zero attached hydrogens (tertiary/aromatic N) is 2. The van der Waals surface area contributed by atoms with Gasteiger partial charge in [-0.15, -0.1) is 0 Å². The van der Waals surface area contributed by atoms with E-state index in [4.69, 9.17) is 21.3 Å². The van der Waals surface area contributed by atoms with Gasteiger partial charge in [0.2, 0.25) is 0 Å². The first-order chi connectivity index (χ1) is 12.8. The Balaban J connectivity index is 1.51. The Kier molecular flexibility index (Phi) is 5.16. The molecule has 3 nitrogen and oxygen atoms in total. The van der Waals surface area contributed by atoms with Gasteiger partial charge in [0.1, 0.15) is 17.5 Å². The number of hydrogen-bond acceptors (Lipinski definition) is 3. The van der Waals surface area contributed by atoms with Crippen LogP contribution in [0.5, 0.6) is 5.75 Å². The van der Waals surface area contributed by atoms with E-state index in [2.05, 4.69) is 17.1 Å². The maximum absolute atomic E-state index is 6.44. The topological polar surface area (TPSA) is 35.0 Å². The monoisotopic (exact) mass is 364 g/mol. The van der Waals surface area contributed by atoms with E-state index in [1.165, 1.54) is 19.3 Å². The highest BCUT2D eigenvalue weighted by atomic mass is 35.5. The lowest BCUT2D eigenvalue weighted by Crippen LogP contribution is -2.02. The van der Waals surface area contributed by atoms with Gasteiger partial charge < -0.3 is 4.74 Å². The molecule has 0 spiro atoms. The van der Waals surface area contributed by atoms with Crippen LogP contribution < -0.4 is 4.74 Å². The summed E-state index contributed by atoms with van der Waals surface area (Å²) in [6.07, 6.45) is 5.55. The van der Waals surface area contributed by atoms with Crippen LogP contribution in [0.4, 0.5) is 0 Å². The Hall–Kier alpha value is -2.39. The maximum atomic E-state index is 6.44. The molecule has 0 unspecified atom stereocenters. The van der Waals surface area contributed by atoms with E-state index in [1.54, 1.807) is 0 Å². The fourth-order valence-corrected chi connectivity index (χ4v) is 3.58. The van der Waals surface area contributed by atoms with Crippen LogP contribution in [0.15, 0.2) is 54.6 Å². The van der Waals surface area contributed by atoms with Crippen LogP contribution in [0.3, 0.4) is 0 Å². The van der Waals surface area contributed by atoms with E-state index >= 15 is 0 Å². The molecule has 0 amide bonds. The van der Waals surface area contributed by atoms with Crippen LogP contribution in [0, 0.1) is 0 Å². The number of ether oxygens (including phenoxy) is 1. The molecular weight excluding hydrogens is 344 g/mol. The van der Waals surface area contributed by atoms with Gasteiger partial charge in [-0.25, -0.2) is 9.97 Å². The zero-order chi connectivity index (χ0) is 17.8. The molecule has 0 fully saturated rings. The van der Waals surface area contributed by atoms with Crippen LogP contribution in [-0.4, -0.2) is 9.97 Å². The number of aryl methyl sites for hydroxylation is 1. The Labute approximate surface area is 159 Å². The summed E-state index contributed by atoms with van der Waals surface area (Å²) < 4.78 is 5.85. The van der Waals surface area contributed by atoms with Crippen LogP contribution in [-0.2, 0) is 19.4 Å². The van der Waals surface area contributed by atoms with Gasteiger partial charge in [0.15, 0.2) is 5.82 Å². The van der Waals surface area contributed by atoms with Crippen LogP contribution >= 0.6 is 11.6 Å². The minimum absolute atomic E-state index is 0.557. The third-order valence-corrected chi connectivity index (χ3v) is 5.06. The van der Waals surface area contributed by atoms with Crippen molar-refractivity contribution in [2.24, 2.45) is 0 Å². The summed E-state index contributed by atoms with van der Waals surface area (Å²) in [5.74, 6) is 1.53. The van der Waals surface area contributed by atoms with Crippen molar-refractivity contribution < 1.29 is 4.74 Å². The number of halogens is 1. The molecule has 1 aliphatic rings. The van der Waals surface area contributed by atoms with Gasteiger partial charge in [0.25, 0.3) is 0 Å². The van der Waals surface area contributed by atoms with E-state index < -0.39 is 0 Å². The Morgan fingerprint density at radius 3 is 2.42 bits per heavy atom. The van der Waals surface area contributed by atoms with Gasteiger partial charge in [-0.1, -0.05) is 48.4 Å². The van der Waals surface area contributed by atoms with Gasteiger partial charge in [-0.2, -0.15) is 0 Å². The fourth-order valence-electron chi connectivity index (χ4n) is 3.30. The van der Waals surface area contributed by atoms with Gasteiger partial charge >= 0.3 is 0 Å². The van der Waals surface area contributed by atoms with Crippen molar-refractivity contribution in [1.29, 1.82) is 0 Å². The predicted molar refractivity (Wildman–Crippen MR) is 105 cm³/mol. The highest BCUT2D eigenvalue weighted by molar-refractivity contribution is 6.30. The molecule has 0 saturated carbocycles. The van der Waals surface area contributed by atoms with Crippen molar-refractivity contribution in [3.63, 3.8) is 0 Å². The average molecular weight is 365 g/mol. The largest absolute Gasteiger partial charge is 0.489 e. The van der Waals surface area contributed by atoms with E-state index in [0.29, 0.717) is 17.6 Å². The average Bonchev–Trinajstić information content (AvgIpc) is 2.93. The molecule has 0 N–H and O–H groups in total. The molecule has 4 rings (SSSR count). The van der Waals surface area contributed by atoms with E-state index in [9.17, 15) is 0 Å². The fraction of sp³-hybridized carbons (Fsp3) is 0.273. The van der Waals surface area contributed by atoms with Gasteiger partial charge in [0.05, 0.1) is 0 Å². The number of rotatable bonds is 4. The first kappa shape index (κ1) is 17.0. The van der Waals surface area contributed by atoms with E-state index in [0.717, 1.165) is 41.0 Å². The number of aromatic nitrogens is 2. The number of hydrogen-bond donors (Lipinski definition) is 0. The Morgan fingerprint density at radius 2 is 1.62 bits per heavy atom. The summed E-state index contributed by atoms with van der Waals surface area (Å²) in [6, 6.07) is 18.1. The molecule has 0 bridgehead atoms. The molecule has 132 valence electrons. The lowest BCUT2D eigenvalue weighted by Gasteiger charge is -2.10. The smallest absolute Gasteiger partial charge is 0.161 e. The third kappa shape index (κ3) is 3.88. The third-order valence-electron chi connectivity index (χ3n) is 4.74. The normalized spacial score (nSPS) is 13.7. The quantitative estimate of drug-likeness (QED) is 0.443. The molecule has 0 radical (unpaired) electrons. The van der Waals surface area contributed by atoms with Crippen molar-refractivity contribution in [3.05, 3.63) is 76.6 Å². The Morgan fingerprint density at radius 1 is 0.846 bits per heavy atom. The molecule has 1 aromatic heterocycles. The summed E-state index contributed by atoms with van der Waals surface area (Å²) >= 11 is 6.44. The molecule has 1 aliphatic carbocycles. The zero-order valence-electron chi connectivity index (χ0n) is 14.6. The molecule has 4 heteroatoms. The highest BCUT2D eigenvalue weighted by Gasteiger charge is 2.16. The SMILES string of the molecule is Clc1nc(-c2ccc(OCc3ccccc3)cc2)nc2c1CCCCC2. The second-order valence-electron chi connectivity index (χ2n) is 6.62. The van der Waals surface area contributed by atoms with E-state index in [1.807, 2.05) is 42.5 Å². The minimum atomic E-state index is 0.557. The summed E-state index contributed by atoms with van der Waals surface area (Å²) in [5, 5.41) is 0.608. The summed E-state index contributed by atoms with van der Waals surface area (Å²) in [7, 11) is 0. The molecule has 0 atom stereocenters. The van der Waals surface area contributed by atoms with Crippen LogP contribution in [0.2, 0.25) is 5.15 Å². The number of fused-ring (bicyclic) bond motifs is 1. The molecule has 0 saturated heterocycles. The molecule has 0 aliphatic heterocycles. The summed E-state index contributed by atoms with van der Waals surface area (Å²) in [6.45, 7) is 0.557. The molecule has 1 heterocycles. The first-order valence-corrected chi connectivity index (χ1v) is 9.50. The van der Waals surface area contributed by atoms with E-state index in [-0.39, 0.29) is 0 Å². The van der Waals surface area contributed by atoms with Crippen LogP contribution in [0.1, 0.15) is 36.1 Å². The summed E-state index contributed by atoms with van der Waals surface area (Å²) in [5.41, 5.74) is 4.36. The molecule has 26 heavy (non-hydrogen) atoms. The maximum Gasteiger partial charge on any atom is 0.161 e. The summed E-state index contributed by atoms with van der Waals surface area (Å²) in [4.78, 5) is 9.33. The standard InChI is InChI=1S/C22H21ClN2O/c23-21-19-9-5-2-6-10-20(19)24-22(25-21)17-11-13-18(14-12-17)26-15-16-7-3-1-4-8-16/h1,3-4,7-8,11-14H,2,5-6,9-10,15H2. The second-order valence-corrected chi connectivity index (χ2v) is 6.98. The van der Waals surface area contributed by atoms with Gasteiger partial charge in [-0.3, -0.25) is 0 Å². The van der Waals surface area contributed by atoms with Gasteiger partial charge in [0, 0.05) is 16.8 Å². The van der Waals surface area contributed by atoms with Gasteiger partial charge in [-0.05, 0) is 55.5 Å². The highest BCUT2D eigenvalue weighted by Crippen LogP contribution is 2.28. The second kappa shape index (κ2) is 7.88. The minimum Gasteiger partial charge on any atom is -0.489 e. The Bertz CT molecular complexity index is 879. The lowest BCUT2D eigenvalue weighted by atomic mass is 10.1. The molecular formula is C22H21ClN2O. The van der Waals surface area contributed by atoms with Crippen molar-refractivity contribution in [3.8, 4) is 17.1 Å². The molecule has 3 aromatic rings.